The number of imidazole rings is 1. The zero-order valence-corrected chi connectivity index (χ0v) is 15.5. The van der Waals surface area contributed by atoms with E-state index in [1.54, 1.807) is 0 Å². The lowest BCUT2D eigenvalue weighted by atomic mass is 9.87. The minimum Gasteiger partial charge on any atom is -0.327 e. The van der Waals surface area contributed by atoms with E-state index >= 15 is 0 Å². The fourth-order valence-corrected chi connectivity index (χ4v) is 5.42. The number of hydrogen-bond donors (Lipinski definition) is 0. The maximum Gasteiger partial charge on any atom is 0.106 e. The van der Waals surface area contributed by atoms with Crippen LogP contribution in [-0.2, 0) is 12.8 Å². The highest BCUT2D eigenvalue weighted by atomic mass is 15.1. The van der Waals surface area contributed by atoms with E-state index in [0.29, 0.717) is 12.3 Å². The van der Waals surface area contributed by atoms with Gasteiger partial charge in [-0.1, -0.05) is 18.9 Å². The minimum absolute atomic E-state index is 0.268. The lowest BCUT2D eigenvalue weighted by Crippen LogP contribution is -2.21. The van der Waals surface area contributed by atoms with E-state index in [-0.39, 0.29) is 6.04 Å². The number of fused-ring (bicyclic) bond motifs is 2. The molecule has 0 amide bonds. The average Bonchev–Trinajstić information content (AvgIpc) is 3.35. The number of pyridine rings is 1. The summed E-state index contributed by atoms with van der Waals surface area (Å²) in [5.41, 5.74) is 8.88. The zero-order valence-electron chi connectivity index (χ0n) is 15.5. The molecule has 0 bridgehead atoms. The molecule has 3 aliphatic rings. The monoisotopic (exact) mass is 344 g/mol. The van der Waals surface area contributed by atoms with Crippen molar-refractivity contribution in [2.45, 2.75) is 64.8 Å². The third-order valence-corrected chi connectivity index (χ3v) is 6.57. The van der Waals surface area contributed by atoms with Crippen LogP contribution in [0.3, 0.4) is 0 Å². The molecular weight excluding hydrogens is 320 g/mol. The maximum atomic E-state index is 9.50. The molecule has 4 heteroatoms. The Hall–Kier alpha value is -2.41. The van der Waals surface area contributed by atoms with Crippen molar-refractivity contribution < 1.29 is 0 Å². The average molecular weight is 344 g/mol. The van der Waals surface area contributed by atoms with Gasteiger partial charge in [-0.3, -0.25) is 4.98 Å². The van der Waals surface area contributed by atoms with Gasteiger partial charge in [0.2, 0.25) is 0 Å². The van der Waals surface area contributed by atoms with Gasteiger partial charge in [0.25, 0.3) is 0 Å². The van der Waals surface area contributed by atoms with Crippen molar-refractivity contribution >= 4 is 5.57 Å². The predicted molar refractivity (Wildman–Crippen MR) is 102 cm³/mol. The summed E-state index contributed by atoms with van der Waals surface area (Å²) < 4.78 is 2.43. The van der Waals surface area contributed by atoms with Crippen LogP contribution >= 0.6 is 0 Å². The van der Waals surface area contributed by atoms with Gasteiger partial charge in [0.1, 0.15) is 5.82 Å². The van der Waals surface area contributed by atoms with E-state index in [1.165, 1.54) is 59.3 Å². The predicted octanol–water partition coefficient (Wildman–Crippen LogP) is 4.70. The van der Waals surface area contributed by atoms with E-state index < -0.39 is 0 Å². The van der Waals surface area contributed by atoms with Crippen molar-refractivity contribution in [3.05, 3.63) is 40.6 Å². The van der Waals surface area contributed by atoms with Crippen molar-refractivity contribution in [2.24, 2.45) is 5.92 Å². The van der Waals surface area contributed by atoms with E-state index in [4.69, 9.17) is 4.98 Å². The summed E-state index contributed by atoms with van der Waals surface area (Å²) in [5, 5.41) is 9.50. The number of rotatable bonds is 3. The summed E-state index contributed by atoms with van der Waals surface area (Å²) in [7, 11) is 0. The van der Waals surface area contributed by atoms with Crippen molar-refractivity contribution in [2.75, 3.05) is 0 Å². The van der Waals surface area contributed by atoms with Gasteiger partial charge in [0, 0.05) is 30.2 Å². The molecule has 1 fully saturated rings. The highest BCUT2D eigenvalue weighted by Crippen LogP contribution is 2.47. The van der Waals surface area contributed by atoms with Gasteiger partial charge in [-0.2, -0.15) is 5.26 Å². The van der Waals surface area contributed by atoms with Crippen LogP contribution in [0.15, 0.2) is 12.3 Å². The largest absolute Gasteiger partial charge is 0.327 e. The molecule has 0 radical (unpaired) electrons. The Bertz CT molecular complexity index is 967. The number of hydrogen-bond acceptors (Lipinski definition) is 3. The second kappa shape index (κ2) is 5.81. The number of aromatic nitrogens is 3. The Balaban J connectivity index is 1.71. The molecule has 1 saturated carbocycles. The number of aryl methyl sites for hydroxylation is 2. The summed E-state index contributed by atoms with van der Waals surface area (Å²) in [6, 6.07) is 2.73. The quantitative estimate of drug-likeness (QED) is 0.811. The number of nitriles is 1. The van der Waals surface area contributed by atoms with Crippen LogP contribution in [0.4, 0.5) is 0 Å². The molecule has 2 heterocycles. The zero-order chi connectivity index (χ0) is 17.8. The smallest absolute Gasteiger partial charge is 0.106 e. The molecule has 2 aromatic rings. The van der Waals surface area contributed by atoms with Crippen LogP contribution in [0.25, 0.3) is 16.8 Å². The van der Waals surface area contributed by atoms with Crippen LogP contribution in [0, 0.1) is 31.1 Å². The first kappa shape index (κ1) is 15.8. The summed E-state index contributed by atoms with van der Waals surface area (Å²) >= 11 is 0. The van der Waals surface area contributed by atoms with E-state index in [9.17, 15) is 5.26 Å². The van der Waals surface area contributed by atoms with Crippen molar-refractivity contribution in [1.82, 2.24) is 14.5 Å². The van der Waals surface area contributed by atoms with Crippen molar-refractivity contribution in [3.63, 3.8) is 0 Å². The molecule has 3 aliphatic carbocycles. The van der Waals surface area contributed by atoms with Gasteiger partial charge in [0.15, 0.2) is 0 Å². The molecule has 0 N–H and O–H groups in total. The van der Waals surface area contributed by atoms with Gasteiger partial charge >= 0.3 is 0 Å². The molecule has 5 rings (SSSR count). The summed E-state index contributed by atoms with van der Waals surface area (Å²) in [5.74, 6) is 1.67. The highest BCUT2D eigenvalue weighted by Gasteiger charge is 2.35. The molecule has 26 heavy (non-hydrogen) atoms. The molecule has 132 valence electrons. The topological polar surface area (TPSA) is 54.5 Å². The molecule has 0 aromatic carbocycles. The third kappa shape index (κ3) is 2.13. The molecule has 1 atom stereocenters. The van der Waals surface area contributed by atoms with Gasteiger partial charge < -0.3 is 4.57 Å². The Morgan fingerprint density at radius 2 is 2.08 bits per heavy atom. The fraction of sp³-hybridized carbons (Fsp3) is 0.500. The van der Waals surface area contributed by atoms with E-state index in [0.717, 1.165) is 24.4 Å². The first-order chi connectivity index (χ1) is 12.7. The van der Waals surface area contributed by atoms with Gasteiger partial charge in [0.05, 0.1) is 35.6 Å². The van der Waals surface area contributed by atoms with Crippen LogP contribution < -0.4 is 0 Å². The van der Waals surface area contributed by atoms with Gasteiger partial charge in [-0.15, -0.1) is 0 Å². The van der Waals surface area contributed by atoms with Crippen molar-refractivity contribution in [1.29, 1.82) is 5.26 Å². The SMILES string of the molecule is Cc1cnc2c3c1-c1nc(C)n(C(CC#N)C4CCCC4)c1CC3=CC2. The first-order valence-corrected chi connectivity index (χ1v) is 9.82. The number of nitrogens with zero attached hydrogens (tertiary/aromatic N) is 4. The molecule has 1 unspecified atom stereocenters. The Morgan fingerprint density at radius 1 is 1.27 bits per heavy atom. The van der Waals surface area contributed by atoms with Crippen LogP contribution in [0.1, 0.15) is 66.5 Å². The molecular formula is C22H24N4. The van der Waals surface area contributed by atoms with Crippen LogP contribution in [0.5, 0.6) is 0 Å². The Morgan fingerprint density at radius 3 is 2.85 bits per heavy atom. The van der Waals surface area contributed by atoms with E-state index in [2.05, 4.69) is 35.5 Å². The second-order valence-electron chi connectivity index (χ2n) is 8.05. The second-order valence-corrected chi connectivity index (χ2v) is 8.05. The number of allylic oxidation sites excluding steroid dienone is 2. The Labute approximate surface area is 154 Å². The summed E-state index contributed by atoms with van der Waals surface area (Å²) in [6.07, 6.45) is 11.9. The Kier molecular flexibility index (Phi) is 3.53. The first-order valence-electron chi connectivity index (χ1n) is 9.82. The summed E-state index contributed by atoms with van der Waals surface area (Å²) in [6.45, 7) is 4.26. The lowest BCUT2D eigenvalue weighted by Gasteiger charge is -2.28. The molecule has 4 nitrogen and oxygen atoms in total. The normalized spacial score (nSPS) is 19.0. The van der Waals surface area contributed by atoms with Crippen molar-refractivity contribution in [3.8, 4) is 17.3 Å². The minimum atomic E-state index is 0.268. The van der Waals surface area contributed by atoms with Crippen LogP contribution in [-0.4, -0.2) is 14.5 Å². The standard InChI is InChI=1S/C22H24N4/c1-13-12-24-17-8-7-16-11-19-22(20(13)21(16)17)25-14(2)26(19)18(9-10-23)15-5-3-4-6-15/h7,12,15,18H,3-6,8-9,11H2,1-2H3. The highest BCUT2D eigenvalue weighted by molar-refractivity contribution is 5.91. The van der Waals surface area contributed by atoms with Gasteiger partial charge in [-0.05, 0) is 43.7 Å². The van der Waals surface area contributed by atoms with Crippen LogP contribution in [0.2, 0.25) is 0 Å². The van der Waals surface area contributed by atoms with E-state index in [1.807, 2.05) is 6.20 Å². The summed E-state index contributed by atoms with van der Waals surface area (Å²) in [4.78, 5) is 9.68. The lowest BCUT2D eigenvalue weighted by molar-refractivity contribution is 0.329. The molecule has 0 saturated heterocycles. The maximum absolute atomic E-state index is 9.50. The third-order valence-electron chi connectivity index (χ3n) is 6.57. The van der Waals surface area contributed by atoms with Gasteiger partial charge in [-0.25, -0.2) is 4.98 Å². The fourth-order valence-electron chi connectivity index (χ4n) is 5.42. The molecule has 0 aliphatic heterocycles. The molecule has 2 aromatic heterocycles. The molecule has 0 spiro atoms.